The van der Waals surface area contributed by atoms with Crippen molar-refractivity contribution in [1.29, 1.82) is 0 Å². The SMILES string of the molecule is CCCCC1(CCCC)OC1CC/C(C)=C/CCOCc1ccccc1. The van der Waals surface area contributed by atoms with E-state index in [1.165, 1.54) is 56.1 Å². The summed E-state index contributed by atoms with van der Waals surface area (Å²) in [5.41, 5.74) is 2.95. The maximum atomic E-state index is 6.20. The molecule has 0 bridgehead atoms. The summed E-state index contributed by atoms with van der Waals surface area (Å²) in [5.74, 6) is 0. The van der Waals surface area contributed by atoms with E-state index in [0.29, 0.717) is 12.7 Å². The van der Waals surface area contributed by atoms with E-state index >= 15 is 0 Å². The molecule has 2 rings (SSSR count). The fourth-order valence-electron chi connectivity index (χ4n) is 3.70. The third-order valence-electron chi connectivity index (χ3n) is 5.48. The molecule has 26 heavy (non-hydrogen) atoms. The van der Waals surface area contributed by atoms with Crippen molar-refractivity contribution in [1.82, 2.24) is 0 Å². The van der Waals surface area contributed by atoms with Gasteiger partial charge in [-0.1, -0.05) is 81.5 Å². The van der Waals surface area contributed by atoms with Gasteiger partial charge in [-0.15, -0.1) is 0 Å². The minimum atomic E-state index is 0.227. The van der Waals surface area contributed by atoms with E-state index in [-0.39, 0.29) is 5.60 Å². The highest BCUT2D eigenvalue weighted by molar-refractivity contribution is 5.13. The summed E-state index contributed by atoms with van der Waals surface area (Å²) >= 11 is 0. The summed E-state index contributed by atoms with van der Waals surface area (Å²) in [6.45, 7) is 8.30. The van der Waals surface area contributed by atoms with Crippen LogP contribution in [0.4, 0.5) is 0 Å². The maximum Gasteiger partial charge on any atom is 0.0948 e. The highest BCUT2D eigenvalue weighted by atomic mass is 16.6. The first-order valence-electron chi connectivity index (χ1n) is 10.7. The molecule has 0 spiro atoms. The predicted octanol–water partition coefficient (Wildman–Crippen LogP) is 6.84. The van der Waals surface area contributed by atoms with E-state index in [0.717, 1.165) is 19.4 Å². The van der Waals surface area contributed by atoms with Crippen molar-refractivity contribution in [3.63, 3.8) is 0 Å². The molecule has 2 heteroatoms. The van der Waals surface area contributed by atoms with Gasteiger partial charge in [0.15, 0.2) is 0 Å². The fraction of sp³-hybridized carbons (Fsp3) is 0.667. The largest absolute Gasteiger partial charge is 0.376 e. The Kier molecular flexibility index (Phi) is 9.42. The first-order valence-corrected chi connectivity index (χ1v) is 10.7. The average molecular weight is 359 g/mol. The average Bonchev–Trinajstić information content (AvgIpc) is 3.37. The van der Waals surface area contributed by atoms with Crippen molar-refractivity contribution in [2.75, 3.05) is 6.61 Å². The second-order valence-corrected chi connectivity index (χ2v) is 7.79. The van der Waals surface area contributed by atoms with Gasteiger partial charge in [0.2, 0.25) is 0 Å². The Morgan fingerprint density at radius 2 is 1.81 bits per heavy atom. The standard InChI is InChI=1S/C24H38O2/c1-4-6-17-24(18-7-5-2)23(26-24)16-15-21(3)12-11-19-25-20-22-13-9-8-10-14-22/h8-10,12-14,23H,4-7,11,15-20H2,1-3H3/b21-12+. The summed E-state index contributed by atoms with van der Waals surface area (Å²) in [5, 5.41) is 0. The molecule has 0 N–H and O–H groups in total. The van der Waals surface area contributed by atoms with Crippen LogP contribution in [-0.4, -0.2) is 18.3 Å². The number of allylic oxidation sites excluding steroid dienone is 1. The summed E-state index contributed by atoms with van der Waals surface area (Å²) in [6.07, 6.45) is 13.8. The number of rotatable bonds is 14. The van der Waals surface area contributed by atoms with E-state index in [1.807, 2.05) is 6.07 Å². The van der Waals surface area contributed by atoms with E-state index < -0.39 is 0 Å². The molecule has 1 atom stereocenters. The van der Waals surface area contributed by atoms with Crippen LogP contribution < -0.4 is 0 Å². The summed E-state index contributed by atoms with van der Waals surface area (Å²) in [4.78, 5) is 0. The second-order valence-electron chi connectivity index (χ2n) is 7.79. The molecular formula is C24H38O2. The molecule has 1 aliphatic heterocycles. The van der Waals surface area contributed by atoms with Crippen molar-refractivity contribution in [3.05, 3.63) is 47.5 Å². The van der Waals surface area contributed by atoms with Crippen LogP contribution in [0.1, 0.15) is 84.1 Å². The van der Waals surface area contributed by atoms with Gasteiger partial charge < -0.3 is 9.47 Å². The zero-order valence-electron chi connectivity index (χ0n) is 17.1. The van der Waals surface area contributed by atoms with E-state index in [4.69, 9.17) is 9.47 Å². The zero-order valence-corrected chi connectivity index (χ0v) is 17.1. The molecular weight excluding hydrogens is 320 g/mol. The van der Waals surface area contributed by atoms with Crippen molar-refractivity contribution >= 4 is 0 Å². The normalized spacial score (nSPS) is 18.9. The number of benzene rings is 1. The second kappa shape index (κ2) is 11.6. The smallest absolute Gasteiger partial charge is 0.0948 e. The molecule has 1 aromatic rings. The number of hydrogen-bond donors (Lipinski definition) is 0. The molecule has 146 valence electrons. The van der Waals surface area contributed by atoms with Crippen molar-refractivity contribution in [2.24, 2.45) is 0 Å². The number of hydrogen-bond acceptors (Lipinski definition) is 2. The molecule has 0 aliphatic carbocycles. The summed E-state index contributed by atoms with van der Waals surface area (Å²) in [7, 11) is 0. The molecule has 1 aromatic carbocycles. The van der Waals surface area contributed by atoms with Crippen molar-refractivity contribution < 1.29 is 9.47 Å². The first kappa shape index (κ1) is 21.2. The minimum Gasteiger partial charge on any atom is -0.376 e. The van der Waals surface area contributed by atoms with Crippen molar-refractivity contribution in [2.45, 2.75) is 96.9 Å². The van der Waals surface area contributed by atoms with Crippen LogP contribution in [0.25, 0.3) is 0 Å². The topological polar surface area (TPSA) is 21.8 Å². The Balaban J connectivity index is 1.61. The highest BCUT2D eigenvalue weighted by Crippen LogP contribution is 2.47. The third kappa shape index (κ3) is 7.25. The lowest BCUT2D eigenvalue weighted by Gasteiger charge is -2.12. The molecule has 1 fully saturated rings. The molecule has 0 radical (unpaired) electrons. The fourth-order valence-corrected chi connectivity index (χ4v) is 3.70. The van der Waals surface area contributed by atoms with E-state index in [9.17, 15) is 0 Å². The summed E-state index contributed by atoms with van der Waals surface area (Å²) < 4.78 is 12.0. The lowest BCUT2D eigenvalue weighted by atomic mass is 9.90. The van der Waals surface area contributed by atoms with Crippen LogP contribution >= 0.6 is 0 Å². The van der Waals surface area contributed by atoms with Gasteiger partial charge in [-0.05, 0) is 44.6 Å². The van der Waals surface area contributed by atoms with Crippen LogP contribution in [0.3, 0.4) is 0 Å². The zero-order chi connectivity index (χ0) is 18.7. The van der Waals surface area contributed by atoms with Gasteiger partial charge in [-0.25, -0.2) is 0 Å². The van der Waals surface area contributed by atoms with E-state index in [1.54, 1.807) is 0 Å². The van der Waals surface area contributed by atoms with Crippen LogP contribution in [0.5, 0.6) is 0 Å². The molecule has 1 aliphatic rings. The van der Waals surface area contributed by atoms with Gasteiger partial charge in [-0.3, -0.25) is 0 Å². The molecule has 1 saturated heterocycles. The van der Waals surface area contributed by atoms with Gasteiger partial charge >= 0.3 is 0 Å². The van der Waals surface area contributed by atoms with Gasteiger partial charge in [0, 0.05) is 0 Å². The Morgan fingerprint density at radius 1 is 1.12 bits per heavy atom. The minimum absolute atomic E-state index is 0.227. The number of unbranched alkanes of at least 4 members (excludes halogenated alkanes) is 2. The van der Waals surface area contributed by atoms with Gasteiger partial charge in [-0.2, -0.15) is 0 Å². The van der Waals surface area contributed by atoms with Crippen LogP contribution in [0, 0.1) is 0 Å². The Hall–Kier alpha value is -1.12. The monoisotopic (exact) mass is 358 g/mol. The van der Waals surface area contributed by atoms with Gasteiger partial charge in [0.25, 0.3) is 0 Å². The van der Waals surface area contributed by atoms with Crippen LogP contribution in [-0.2, 0) is 16.1 Å². The highest BCUT2D eigenvalue weighted by Gasteiger charge is 2.53. The molecule has 0 saturated carbocycles. The predicted molar refractivity (Wildman–Crippen MR) is 110 cm³/mol. The van der Waals surface area contributed by atoms with Gasteiger partial charge in [0.05, 0.1) is 24.9 Å². The van der Waals surface area contributed by atoms with Crippen LogP contribution in [0.2, 0.25) is 0 Å². The molecule has 0 aromatic heterocycles. The summed E-state index contributed by atoms with van der Waals surface area (Å²) in [6, 6.07) is 10.4. The lowest BCUT2D eigenvalue weighted by molar-refractivity contribution is 0.125. The Labute approximate surface area is 161 Å². The first-order chi connectivity index (χ1) is 12.7. The molecule has 1 heterocycles. The molecule has 0 amide bonds. The number of epoxide rings is 1. The van der Waals surface area contributed by atoms with Gasteiger partial charge in [0.1, 0.15) is 0 Å². The maximum absolute atomic E-state index is 6.20. The lowest BCUT2D eigenvalue weighted by Crippen LogP contribution is -2.15. The third-order valence-corrected chi connectivity index (χ3v) is 5.48. The quantitative estimate of drug-likeness (QED) is 0.206. The van der Waals surface area contributed by atoms with Crippen molar-refractivity contribution in [3.8, 4) is 0 Å². The number of ether oxygens (including phenoxy) is 2. The van der Waals surface area contributed by atoms with E-state index in [2.05, 4.69) is 51.1 Å². The molecule has 2 nitrogen and oxygen atoms in total. The molecule has 1 unspecified atom stereocenters. The Morgan fingerprint density at radius 3 is 2.46 bits per heavy atom. The van der Waals surface area contributed by atoms with Crippen LogP contribution in [0.15, 0.2) is 42.0 Å². The Bertz CT molecular complexity index is 512.